The molecule has 1 aromatic heterocycles. The van der Waals surface area contributed by atoms with Crippen LogP contribution in [0.2, 0.25) is 0 Å². The summed E-state index contributed by atoms with van der Waals surface area (Å²) in [5.41, 5.74) is 6.57. The van der Waals surface area contributed by atoms with Crippen molar-refractivity contribution < 1.29 is 24.3 Å². The average molecular weight is 453 g/mol. The topological polar surface area (TPSA) is 179 Å². The van der Waals surface area contributed by atoms with Gasteiger partial charge in [-0.05, 0) is 25.2 Å². The van der Waals surface area contributed by atoms with E-state index >= 15 is 0 Å². The molecule has 1 heterocycles. The lowest BCUT2D eigenvalue weighted by molar-refractivity contribution is -0.144. The second kappa shape index (κ2) is 12.8. The third-order valence-corrected chi connectivity index (χ3v) is 5.20. The van der Waals surface area contributed by atoms with Gasteiger partial charge in [0.2, 0.25) is 17.7 Å². The van der Waals surface area contributed by atoms with Crippen LogP contribution in [-0.2, 0) is 25.6 Å². The minimum absolute atomic E-state index is 0.0608. The summed E-state index contributed by atoms with van der Waals surface area (Å²) >= 11 is 0. The van der Waals surface area contributed by atoms with E-state index in [9.17, 15) is 24.3 Å². The summed E-state index contributed by atoms with van der Waals surface area (Å²) in [6, 6.07) is -3.82. The highest BCUT2D eigenvalue weighted by Gasteiger charge is 2.31. The molecule has 0 aliphatic heterocycles. The number of nitrogens with two attached hydrogens (primary N) is 1. The predicted molar refractivity (Wildman–Crippen MR) is 118 cm³/mol. The number of hydrogen-bond acceptors (Lipinski definition) is 6. The molecule has 5 atom stereocenters. The second-order valence-corrected chi connectivity index (χ2v) is 8.52. The van der Waals surface area contributed by atoms with Gasteiger partial charge in [0, 0.05) is 18.3 Å². The lowest BCUT2D eigenvalue weighted by Crippen LogP contribution is -2.57. The van der Waals surface area contributed by atoms with E-state index in [1.165, 1.54) is 13.3 Å². The van der Waals surface area contributed by atoms with E-state index in [4.69, 9.17) is 5.73 Å². The van der Waals surface area contributed by atoms with Crippen LogP contribution in [0.25, 0.3) is 0 Å². The van der Waals surface area contributed by atoms with Crippen LogP contribution in [0.15, 0.2) is 12.5 Å². The number of imidazole rings is 1. The molecular formula is C21H36N6O5. The maximum atomic E-state index is 12.8. The number of carbonyl (C=O) groups excluding carboxylic acids is 3. The molecule has 0 bridgehead atoms. The third kappa shape index (κ3) is 8.66. The van der Waals surface area contributed by atoms with Crippen molar-refractivity contribution in [3.63, 3.8) is 0 Å². The molecule has 0 aliphatic rings. The molecule has 1 rings (SSSR count). The minimum atomic E-state index is -1.13. The van der Waals surface area contributed by atoms with E-state index in [2.05, 4.69) is 25.9 Å². The first-order valence-electron chi connectivity index (χ1n) is 10.8. The van der Waals surface area contributed by atoms with Gasteiger partial charge in [-0.25, -0.2) is 9.78 Å². The summed E-state index contributed by atoms with van der Waals surface area (Å²) in [7, 11) is 0. The molecular weight excluding hydrogens is 416 g/mol. The lowest BCUT2D eigenvalue weighted by Gasteiger charge is -2.26. The third-order valence-electron chi connectivity index (χ3n) is 5.20. The standard InChI is InChI=1S/C21H36N6O5/c1-6-12(4)17(21(31)32)27-20(30)16(7-11(2)3)26-18(28)13(5)25-19(29)15(22)8-14-9-23-10-24-14/h9-13,15-17H,6-8,22H2,1-5H3,(H,23,24)(H,25,29)(H,26,28)(H,27,30)(H,31,32). The van der Waals surface area contributed by atoms with Crippen LogP contribution in [0, 0.1) is 11.8 Å². The van der Waals surface area contributed by atoms with Crippen molar-refractivity contribution in [3.05, 3.63) is 18.2 Å². The molecule has 1 aromatic rings. The molecule has 7 N–H and O–H groups in total. The molecule has 0 aromatic carbocycles. The number of aromatic amines is 1. The lowest BCUT2D eigenvalue weighted by atomic mass is 9.97. The summed E-state index contributed by atoms with van der Waals surface area (Å²) in [6.45, 7) is 8.82. The zero-order valence-electron chi connectivity index (χ0n) is 19.3. The fourth-order valence-electron chi connectivity index (χ4n) is 3.05. The van der Waals surface area contributed by atoms with Crippen molar-refractivity contribution in [3.8, 4) is 0 Å². The Hall–Kier alpha value is -2.95. The molecule has 5 unspecified atom stereocenters. The molecule has 0 saturated carbocycles. The van der Waals surface area contributed by atoms with Crippen molar-refractivity contribution in [1.82, 2.24) is 25.9 Å². The van der Waals surface area contributed by atoms with Gasteiger partial charge in [0.05, 0.1) is 12.4 Å². The molecule has 0 spiro atoms. The number of nitrogens with zero attached hydrogens (tertiary/aromatic N) is 1. The number of rotatable bonds is 13. The fraction of sp³-hybridized carbons (Fsp3) is 0.667. The van der Waals surface area contributed by atoms with Crippen molar-refractivity contribution in [2.24, 2.45) is 17.6 Å². The van der Waals surface area contributed by atoms with Crippen LogP contribution in [-0.4, -0.2) is 62.9 Å². The quantitative estimate of drug-likeness (QED) is 0.242. The molecule has 32 heavy (non-hydrogen) atoms. The van der Waals surface area contributed by atoms with Crippen LogP contribution >= 0.6 is 0 Å². The highest BCUT2D eigenvalue weighted by atomic mass is 16.4. The van der Waals surface area contributed by atoms with Gasteiger partial charge in [-0.1, -0.05) is 34.1 Å². The Morgan fingerprint density at radius 3 is 2.22 bits per heavy atom. The van der Waals surface area contributed by atoms with Gasteiger partial charge >= 0.3 is 5.97 Å². The number of H-pyrrole nitrogens is 1. The summed E-state index contributed by atoms with van der Waals surface area (Å²) in [5.74, 6) is -3.01. The van der Waals surface area contributed by atoms with Crippen LogP contribution in [0.5, 0.6) is 0 Å². The minimum Gasteiger partial charge on any atom is -0.480 e. The van der Waals surface area contributed by atoms with Gasteiger partial charge in [0.25, 0.3) is 0 Å². The first-order valence-corrected chi connectivity index (χ1v) is 10.8. The SMILES string of the molecule is CCC(C)C(NC(=O)C(CC(C)C)NC(=O)C(C)NC(=O)C(N)Cc1cnc[nH]1)C(=O)O. The molecule has 180 valence electrons. The Labute approximate surface area is 188 Å². The van der Waals surface area contributed by atoms with E-state index < -0.39 is 47.9 Å². The number of carbonyl (C=O) groups is 4. The second-order valence-electron chi connectivity index (χ2n) is 8.52. The number of nitrogens with one attached hydrogen (secondary N) is 4. The average Bonchev–Trinajstić information content (AvgIpc) is 3.22. The summed E-state index contributed by atoms with van der Waals surface area (Å²) in [4.78, 5) is 56.0. The molecule has 0 aliphatic carbocycles. The smallest absolute Gasteiger partial charge is 0.326 e. The van der Waals surface area contributed by atoms with Gasteiger partial charge < -0.3 is 31.8 Å². The molecule has 0 radical (unpaired) electrons. The summed E-state index contributed by atoms with van der Waals surface area (Å²) in [5, 5.41) is 17.1. The van der Waals surface area contributed by atoms with Crippen LogP contribution in [0.3, 0.4) is 0 Å². The number of amides is 3. The van der Waals surface area contributed by atoms with E-state index in [1.54, 1.807) is 13.1 Å². The first-order chi connectivity index (χ1) is 15.0. The Balaban J connectivity index is 2.75. The first kappa shape index (κ1) is 27.1. The zero-order valence-corrected chi connectivity index (χ0v) is 19.3. The molecule has 0 fully saturated rings. The number of aromatic nitrogens is 2. The van der Waals surface area contributed by atoms with Gasteiger partial charge in [0.1, 0.15) is 18.1 Å². The van der Waals surface area contributed by atoms with Crippen molar-refractivity contribution in [1.29, 1.82) is 0 Å². The van der Waals surface area contributed by atoms with E-state index in [1.807, 2.05) is 20.8 Å². The fourth-order valence-corrected chi connectivity index (χ4v) is 3.05. The van der Waals surface area contributed by atoms with Crippen LogP contribution in [0.4, 0.5) is 0 Å². The molecule has 3 amide bonds. The Morgan fingerprint density at radius 2 is 1.72 bits per heavy atom. The molecule has 0 saturated heterocycles. The van der Waals surface area contributed by atoms with E-state index in [-0.39, 0.29) is 18.3 Å². The number of carboxylic acids is 1. The summed E-state index contributed by atoms with van der Waals surface area (Å²) in [6.07, 6.45) is 4.14. The maximum absolute atomic E-state index is 12.8. The van der Waals surface area contributed by atoms with Gasteiger partial charge in [0.15, 0.2) is 0 Å². The largest absolute Gasteiger partial charge is 0.480 e. The number of carboxylic acid groups (broad SMARTS) is 1. The Kier molecular flexibility index (Phi) is 10.8. The molecule has 11 nitrogen and oxygen atoms in total. The highest BCUT2D eigenvalue weighted by Crippen LogP contribution is 2.11. The van der Waals surface area contributed by atoms with Crippen molar-refractivity contribution >= 4 is 23.7 Å². The van der Waals surface area contributed by atoms with Crippen LogP contribution in [0.1, 0.15) is 53.2 Å². The summed E-state index contributed by atoms with van der Waals surface area (Å²) < 4.78 is 0. The van der Waals surface area contributed by atoms with Crippen molar-refractivity contribution in [2.75, 3.05) is 0 Å². The van der Waals surface area contributed by atoms with Crippen LogP contribution < -0.4 is 21.7 Å². The van der Waals surface area contributed by atoms with Gasteiger partial charge in [-0.15, -0.1) is 0 Å². The Bertz CT molecular complexity index is 767. The Morgan fingerprint density at radius 1 is 1.06 bits per heavy atom. The number of hydrogen-bond donors (Lipinski definition) is 6. The molecule has 11 heteroatoms. The highest BCUT2D eigenvalue weighted by molar-refractivity contribution is 5.93. The van der Waals surface area contributed by atoms with E-state index in [0.717, 1.165) is 0 Å². The zero-order chi connectivity index (χ0) is 24.4. The monoisotopic (exact) mass is 452 g/mol. The predicted octanol–water partition coefficient (Wildman–Crippen LogP) is -0.0694. The maximum Gasteiger partial charge on any atom is 0.326 e. The normalized spacial score (nSPS) is 15.8. The van der Waals surface area contributed by atoms with Gasteiger partial charge in [-0.3, -0.25) is 14.4 Å². The van der Waals surface area contributed by atoms with Crippen molar-refractivity contribution in [2.45, 2.75) is 78.0 Å². The number of aliphatic carboxylic acids is 1. The van der Waals surface area contributed by atoms with Gasteiger partial charge in [-0.2, -0.15) is 0 Å². The van der Waals surface area contributed by atoms with E-state index in [0.29, 0.717) is 18.5 Å².